The number of benzene rings is 3. The van der Waals surface area contributed by atoms with E-state index in [-0.39, 0.29) is 0 Å². The number of anilines is 2. The molecule has 4 rings (SSSR count). The predicted molar refractivity (Wildman–Crippen MR) is 138 cm³/mol. The van der Waals surface area contributed by atoms with Crippen molar-refractivity contribution in [1.82, 2.24) is 0 Å². The number of alkyl halides is 6. The summed E-state index contributed by atoms with van der Waals surface area (Å²) in [6, 6.07) is 18.4. The van der Waals surface area contributed by atoms with E-state index in [0.717, 1.165) is 29.3 Å². The lowest BCUT2D eigenvalue weighted by molar-refractivity contribution is -0.317. The largest absolute Gasteiger partial charge is 0.407 e. The summed E-state index contributed by atoms with van der Waals surface area (Å²) in [6.45, 7) is 1.40. The molecule has 0 fully saturated rings. The molecule has 2 nitrogen and oxygen atoms in total. The van der Waals surface area contributed by atoms with Gasteiger partial charge in [-0.15, -0.1) is 0 Å². The highest BCUT2D eigenvalue weighted by Crippen LogP contribution is 2.59. The highest BCUT2D eigenvalue weighted by Gasteiger charge is 2.74. The fraction of sp³-hybridized carbons (Fsp3) is 0.267. The monoisotopic (exact) mass is 530 g/mol. The van der Waals surface area contributed by atoms with Gasteiger partial charge in [-0.2, -0.15) is 26.3 Å². The lowest BCUT2D eigenvalue weighted by Gasteiger charge is -2.45. The van der Waals surface area contributed by atoms with Crippen molar-refractivity contribution in [3.63, 3.8) is 0 Å². The summed E-state index contributed by atoms with van der Waals surface area (Å²) >= 11 is 0. The topological polar surface area (TPSA) is 52.0 Å². The first-order chi connectivity index (χ1) is 17.8. The molecule has 200 valence electrons. The Kier molecular flexibility index (Phi) is 7.37. The van der Waals surface area contributed by atoms with Gasteiger partial charge in [0.15, 0.2) is 5.41 Å². The minimum Gasteiger partial charge on any atom is -0.399 e. The first kappa shape index (κ1) is 27.4. The lowest BCUT2D eigenvalue weighted by atomic mass is 9.62. The van der Waals surface area contributed by atoms with Crippen LogP contribution in [-0.4, -0.2) is 12.4 Å². The van der Waals surface area contributed by atoms with E-state index >= 15 is 0 Å². The van der Waals surface area contributed by atoms with E-state index < -0.39 is 35.2 Å². The molecule has 3 aromatic carbocycles. The van der Waals surface area contributed by atoms with E-state index in [1.165, 1.54) is 31.2 Å². The van der Waals surface area contributed by atoms with E-state index in [9.17, 15) is 26.3 Å². The molecule has 1 aliphatic carbocycles. The van der Waals surface area contributed by atoms with Crippen molar-refractivity contribution in [1.29, 1.82) is 0 Å². The number of nitrogens with two attached hydrogens (primary N) is 2. The van der Waals surface area contributed by atoms with Crippen LogP contribution in [0.4, 0.5) is 37.7 Å². The average molecular weight is 531 g/mol. The third-order valence-electron chi connectivity index (χ3n) is 7.14. The summed E-state index contributed by atoms with van der Waals surface area (Å²) in [6.07, 6.45) is -6.50. The van der Waals surface area contributed by atoms with Crippen LogP contribution >= 0.6 is 0 Å². The fourth-order valence-corrected chi connectivity index (χ4v) is 5.24. The molecule has 0 saturated carbocycles. The van der Waals surface area contributed by atoms with E-state index in [4.69, 9.17) is 11.5 Å². The van der Waals surface area contributed by atoms with Gasteiger partial charge < -0.3 is 11.5 Å². The van der Waals surface area contributed by atoms with E-state index in [0.29, 0.717) is 35.4 Å². The Labute approximate surface area is 217 Å². The Bertz CT molecular complexity index is 1290. The molecular weight excluding hydrogens is 502 g/mol. The highest BCUT2D eigenvalue weighted by atomic mass is 19.4. The van der Waals surface area contributed by atoms with Crippen LogP contribution in [0.1, 0.15) is 29.2 Å². The molecule has 0 spiro atoms. The van der Waals surface area contributed by atoms with Crippen molar-refractivity contribution in [3.05, 3.63) is 119 Å². The lowest BCUT2D eigenvalue weighted by Crippen LogP contribution is -2.59. The van der Waals surface area contributed by atoms with Crippen molar-refractivity contribution in [2.24, 2.45) is 11.8 Å². The minimum absolute atomic E-state index is 0.350. The number of hydrogen-bond acceptors (Lipinski definition) is 2. The zero-order chi connectivity index (χ0) is 27.7. The molecule has 2 atom stereocenters. The molecule has 1 aliphatic rings. The van der Waals surface area contributed by atoms with Crippen LogP contribution < -0.4 is 11.5 Å². The third kappa shape index (κ3) is 5.30. The molecule has 0 saturated heterocycles. The standard InChI is InChI=1S/C30H28F6N2/c1-19-16-23(18-22-6-13-26(38)14-7-22)8-15-27(19)28(29(31,32)33,30(34,35)36)24-9-2-20(3-10-24)17-21-4-11-25(37)12-5-21/h2-16,19,27H,17-18,37-38H2,1H3. The SMILES string of the molecule is CC1C=C(Cc2ccc(N)cc2)C=CC1C(c1ccc(Cc2ccc(N)cc2)cc1)(C(F)(F)F)C(F)(F)F. The molecule has 3 aromatic rings. The Morgan fingerprint density at radius 3 is 1.47 bits per heavy atom. The van der Waals surface area contributed by atoms with Gasteiger partial charge in [-0.25, -0.2) is 0 Å². The fourth-order valence-electron chi connectivity index (χ4n) is 5.24. The molecule has 0 aromatic heterocycles. The minimum atomic E-state index is -5.59. The number of hydrogen-bond donors (Lipinski definition) is 2. The summed E-state index contributed by atoms with van der Waals surface area (Å²) in [5.41, 5.74) is 10.5. The zero-order valence-electron chi connectivity index (χ0n) is 20.7. The van der Waals surface area contributed by atoms with Crippen molar-refractivity contribution in [2.75, 3.05) is 11.5 Å². The molecule has 0 amide bonds. The highest BCUT2D eigenvalue weighted by molar-refractivity contribution is 5.44. The van der Waals surface area contributed by atoms with Crippen molar-refractivity contribution < 1.29 is 26.3 Å². The van der Waals surface area contributed by atoms with E-state index in [1.54, 1.807) is 48.5 Å². The predicted octanol–water partition coefficient (Wildman–Crippen LogP) is 7.80. The van der Waals surface area contributed by atoms with Crippen LogP contribution in [0.3, 0.4) is 0 Å². The van der Waals surface area contributed by atoms with Gasteiger partial charge in [0.2, 0.25) is 0 Å². The van der Waals surface area contributed by atoms with Crippen LogP contribution in [0.5, 0.6) is 0 Å². The maximum atomic E-state index is 14.7. The second-order valence-corrected chi connectivity index (χ2v) is 9.82. The van der Waals surface area contributed by atoms with Gasteiger partial charge in [-0.05, 0) is 70.9 Å². The van der Waals surface area contributed by atoms with Gasteiger partial charge in [-0.3, -0.25) is 0 Å². The summed E-state index contributed by atoms with van der Waals surface area (Å²) in [7, 11) is 0. The Morgan fingerprint density at radius 2 is 1.05 bits per heavy atom. The zero-order valence-corrected chi connectivity index (χ0v) is 20.7. The summed E-state index contributed by atoms with van der Waals surface area (Å²) in [5.74, 6) is -2.90. The third-order valence-corrected chi connectivity index (χ3v) is 7.14. The Hall–Kier alpha value is -3.68. The van der Waals surface area contributed by atoms with Crippen molar-refractivity contribution in [3.8, 4) is 0 Å². The summed E-state index contributed by atoms with van der Waals surface area (Å²) < 4.78 is 88.1. The van der Waals surface area contributed by atoms with Crippen LogP contribution in [0, 0.1) is 11.8 Å². The second kappa shape index (κ2) is 10.2. The smallest absolute Gasteiger partial charge is 0.399 e. The number of allylic oxidation sites excluding steroid dienone is 4. The van der Waals surface area contributed by atoms with Gasteiger partial charge in [0.1, 0.15) is 0 Å². The van der Waals surface area contributed by atoms with E-state index in [2.05, 4.69) is 0 Å². The number of halogens is 6. The normalized spacial score (nSPS) is 18.3. The second-order valence-electron chi connectivity index (χ2n) is 9.82. The van der Waals surface area contributed by atoms with Gasteiger partial charge >= 0.3 is 12.4 Å². The quantitative estimate of drug-likeness (QED) is 0.252. The molecule has 2 unspecified atom stereocenters. The van der Waals surface area contributed by atoms with Crippen LogP contribution in [0.2, 0.25) is 0 Å². The average Bonchev–Trinajstić information content (AvgIpc) is 2.83. The van der Waals surface area contributed by atoms with Crippen molar-refractivity contribution >= 4 is 11.4 Å². The van der Waals surface area contributed by atoms with Crippen LogP contribution in [0.15, 0.2) is 96.6 Å². The molecule has 38 heavy (non-hydrogen) atoms. The van der Waals surface area contributed by atoms with Gasteiger partial charge in [0.25, 0.3) is 0 Å². The molecule has 0 heterocycles. The first-order valence-electron chi connectivity index (χ1n) is 12.1. The van der Waals surface area contributed by atoms with Crippen molar-refractivity contribution in [2.45, 2.75) is 37.5 Å². The Morgan fingerprint density at radius 1 is 0.632 bits per heavy atom. The molecule has 0 radical (unpaired) electrons. The molecule has 8 heteroatoms. The molecule has 0 bridgehead atoms. The maximum absolute atomic E-state index is 14.7. The van der Waals surface area contributed by atoms with Gasteiger partial charge in [0.05, 0.1) is 0 Å². The number of rotatable bonds is 6. The van der Waals surface area contributed by atoms with E-state index in [1.807, 2.05) is 0 Å². The molecule has 4 N–H and O–H groups in total. The summed E-state index contributed by atoms with van der Waals surface area (Å²) in [5, 5.41) is 0. The molecule has 0 aliphatic heterocycles. The first-order valence-corrected chi connectivity index (χ1v) is 12.1. The Balaban J connectivity index is 1.69. The molecular formula is C30H28F6N2. The van der Waals surface area contributed by atoms with Gasteiger partial charge in [-0.1, -0.05) is 73.7 Å². The van der Waals surface area contributed by atoms with Crippen LogP contribution in [0.25, 0.3) is 0 Å². The van der Waals surface area contributed by atoms with Gasteiger partial charge in [0, 0.05) is 17.3 Å². The van der Waals surface area contributed by atoms with Crippen LogP contribution in [-0.2, 0) is 18.3 Å². The summed E-state index contributed by atoms with van der Waals surface area (Å²) in [4.78, 5) is 0. The maximum Gasteiger partial charge on any atom is 0.407 e. The number of nitrogen functional groups attached to an aromatic ring is 2.